The number of esters is 1. The lowest BCUT2D eigenvalue weighted by Gasteiger charge is -2.17. The minimum atomic E-state index is -2.92. The zero-order valence-electron chi connectivity index (χ0n) is 7.13. The molecule has 0 aromatic carbocycles. The first-order valence-corrected chi connectivity index (χ1v) is 3.70. The first-order chi connectivity index (χ1) is 5.49. The Hall–Kier alpha value is -0.420. The molecule has 3 nitrogen and oxygen atoms in total. The fourth-order valence-electron chi connectivity index (χ4n) is 1.40. The lowest BCUT2D eigenvalue weighted by atomic mass is 10.0. The van der Waals surface area contributed by atoms with Crippen LogP contribution in [-0.2, 0) is 9.53 Å². The smallest absolute Gasteiger partial charge is 0.310 e. The predicted octanol–water partition coefficient (Wildman–Crippen LogP) is 0.954. The summed E-state index contributed by atoms with van der Waals surface area (Å²) in [6, 6.07) is -1.38. The van der Waals surface area contributed by atoms with Gasteiger partial charge in [-0.15, -0.1) is 12.4 Å². The van der Waals surface area contributed by atoms with Crippen LogP contribution < -0.4 is 5.73 Å². The number of hydrogen-bond donors (Lipinski definition) is 1. The fraction of sp³-hybridized carbons (Fsp3) is 0.857. The summed E-state index contributed by atoms with van der Waals surface area (Å²) in [5.41, 5.74) is 5.18. The molecule has 13 heavy (non-hydrogen) atoms. The highest BCUT2D eigenvalue weighted by molar-refractivity contribution is 5.85. The average Bonchev–Trinajstić information content (AvgIpc) is 2.27. The van der Waals surface area contributed by atoms with Crippen LogP contribution in [0.1, 0.15) is 12.8 Å². The van der Waals surface area contributed by atoms with Gasteiger partial charge in [-0.25, -0.2) is 8.78 Å². The number of halogens is 3. The number of hydrogen-bond acceptors (Lipinski definition) is 3. The van der Waals surface area contributed by atoms with Crippen molar-refractivity contribution in [2.75, 3.05) is 7.11 Å². The summed E-state index contributed by atoms with van der Waals surface area (Å²) in [4.78, 5) is 10.9. The summed E-state index contributed by atoms with van der Waals surface area (Å²) >= 11 is 0. The van der Waals surface area contributed by atoms with Crippen molar-refractivity contribution in [2.45, 2.75) is 24.8 Å². The first kappa shape index (κ1) is 12.6. The Bertz CT molecular complexity index is 201. The number of methoxy groups -OCH3 is 1. The Morgan fingerprint density at radius 3 is 2.46 bits per heavy atom. The van der Waals surface area contributed by atoms with Crippen molar-refractivity contribution < 1.29 is 18.3 Å². The molecule has 0 amide bonds. The van der Waals surface area contributed by atoms with Crippen LogP contribution >= 0.6 is 12.4 Å². The molecule has 0 saturated heterocycles. The van der Waals surface area contributed by atoms with Gasteiger partial charge in [0, 0.05) is 6.42 Å². The van der Waals surface area contributed by atoms with E-state index in [0.29, 0.717) is 0 Å². The summed E-state index contributed by atoms with van der Waals surface area (Å²) in [6.07, 6.45) is -0.214. The molecule has 0 heterocycles. The number of ether oxygens (including phenoxy) is 1. The molecule has 1 fully saturated rings. The molecule has 1 rings (SSSR count). The van der Waals surface area contributed by atoms with Crippen molar-refractivity contribution in [1.82, 2.24) is 0 Å². The Labute approximate surface area is 81.0 Å². The summed E-state index contributed by atoms with van der Waals surface area (Å²) in [5, 5.41) is 0. The third-order valence-corrected chi connectivity index (χ3v) is 2.21. The molecular formula is C7H12ClF2NO2. The van der Waals surface area contributed by atoms with Crippen molar-refractivity contribution in [1.29, 1.82) is 0 Å². The third-order valence-electron chi connectivity index (χ3n) is 2.21. The van der Waals surface area contributed by atoms with Gasteiger partial charge in [-0.3, -0.25) is 4.79 Å². The summed E-state index contributed by atoms with van der Waals surface area (Å²) in [7, 11) is 1.17. The van der Waals surface area contributed by atoms with Crippen LogP contribution in [0, 0.1) is 5.92 Å². The number of alkyl halides is 2. The van der Waals surface area contributed by atoms with Gasteiger partial charge in [0.05, 0.1) is 19.1 Å². The molecular weight excluding hydrogens is 204 g/mol. The zero-order valence-corrected chi connectivity index (χ0v) is 7.94. The van der Waals surface area contributed by atoms with E-state index in [1.165, 1.54) is 7.11 Å². The Morgan fingerprint density at radius 2 is 2.15 bits per heavy atom. The molecule has 1 aliphatic carbocycles. The Balaban J connectivity index is 0.00000144. The molecule has 0 radical (unpaired) electrons. The van der Waals surface area contributed by atoms with E-state index in [0.717, 1.165) is 0 Å². The van der Waals surface area contributed by atoms with Crippen molar-refractivity contribution >= 4 is 18.4 Å². The number of nitrogens with two attached hydrogens (primary N) is 1. The van der Waals surface area contributed by atoms with E-state index < -0.39 is 23.9 Å². The van der Waals surface area contributed by atoms with E-state index in [-0.39, 0.29) is 25.2 Å². The minimum absolute atomic E-state index is 0. The van der Waals surface area contributed by atoms with Gasteiger partial charge in [0.15, 0.2) is 0 Å². The molecule has 0 bridgehead atoms. The SMILES string of the molecule is COC(=O)[C@H]1CCC(F)(F)[C@H]1N.Cl. The van der Waals surface area contributed by atoms with Crippen LogP contribution in [0.5, 0.6) is 0 Å². The molecule has 6 heteroatoms. The normalized spacial score (nSPS) is 30.8. The van der Waals surface area contributed by atoms with Crippen LogP contribution in [0.3, 0.4) is 0 Å². The largest absolute Gasteiger partial charge is 0.469 e. The van der Waals surface area contributed by atoms with E-state index in [1.807, 2.05) is 0 Å². The van der Waals surface area contributed by atoms with Crippen LogP contribution in [-0.4, -0.2) is 25.0 Å². The van der Waals surface area contributed by atoms with Crippen molar-refractivity contribution in [2.24, 2.45) is 11.7 Å². The maximum Gasteiger partial charge on any atom is 0.310 e. The first-order valence-electron chi connectivity index (χ1n) is 3.70. The standard InChI is InChI=1S/C7H11F2NO2.ClH/c1-12-6(11)4-2-3-7(8,9)5(4)10;/h4-5H,2-3,10H2,1H3;1H/t4-,5-;/m0./s1. The van der Waals surface area contributed by atoms with Crippen molar-refractivity contribution in [3.8, 4) is 0 Å². The maximum absolute atomic E-state index is 12.8. The summed E-state index contributed by atoms with van der Waals surface area (Å²) in [5.74, 6) is -4.40. The van der Waals surface area contributed by atoms with E-state index in [1.54, 1.807) is 0 Å². The van der Waals surface area contributed by atoms with Crippen LogP contribution in [0.25, 0.3) is 0 Å². The van der Waals surface area contributed by atoms with Crippen molar-refractivity contribution in [3.63, 3.8) is 0 Å². The van der Waals surface area contributed by atoms with Gasteiger partial charge in [-0.1, -0.05) is 0 Å². The second-order valence-electron chi connectivity index (χ2n) is 2.96. The van der Waals surface area contributed by atoms with Crippen LogP contribution in [0.4, 0.5) is 8.78 Å². The summed E-state index contributed by atoms with van der Waals surface area (Å²) < 4.78 is 29.8. The van der Waals surface area contributed by atoms with E-state index >= 15 is 0 Å². The minimum Gasteiger partial charge on any atom is -0.469 e. The van der Waals surface area contributed by atoms with E-state index in [9.17, 15) is 13.6 Å². The molecule has 1 saturated carbocycles. The van der Waals surface area contributed by atoms with E-state index in [2.05, 4.69) is 4.74 Å². The quantitative estimate of drug-likeness (QED) is 0.663. The molecule has 2 atom stereocenters. The predicted molar refractivity (Wildman–Crippen MR) is 44.9 cm³/mol. The number of carbonyl (C=O) groups excluding carboxylic acids is 1. The monoisotopic (exact) mass is 215 g/mol. The molecule has 78 valence electrons. The van der Waals surface area contributed by atoms with Gasteiger partial charge in [0.1, 0.15) is 0 Å². The van der Waals surface area contributed by atoms with Gasteiger partial charge in [0.2, 0.25) is 0 Å². The van der Waals surface area contributed by atoms with E-state index in [4.69, 9.17) is 5.73 Å². The van der Waals surface area contributed by atoms with Crippen molar-refractivity contribution in [3.05, 3.63) is 0 Å². The van der Waals surface area contributed by atoms with Gasteiger partial charge < -0.3 is 10.5 Å². The molecule has 0 unspecified atom stereocenters. The Kier molecular flexibility index (Phi) is 4.06. The van der Waals surface area contributed by atoms with Crippen LogP contribution in [0.15, 0.2) is 0 Å². The topological polar surface area (TPSA) is 52.3 Å². The van der Waals surface area contributed by atoms with Gasteiger partial charge in [-0.05, 0) is 6.42 Å². The second kappa shape index (κ2) is 4.19. The number of carbonyl (C=O) groups is 1. The van der Waals surface area contributed by atoms with Crippen LogP contribution in [0.2, 0.25) is 0 Å². The van der Waals surface area contributed by atoms with Gasteiger partial charge in [-0.2, -0.15) is 0 Å². The lowest BCUT2D eigenvalue weighted by molar-refractivity contribution is -0.147. The van der Waals surface area contributed by atoms with Gasteiger partial charge >= 0.3 is 5.97 Å². The molecule has 0 spiro atoms. The average molecular weight is 216 g/mol. The molecule has 0 aromatic rings. The maximum atomic E-state index is 12.8. The molecule has 0 aromatic heterocycles. The Morgan fingerprint density at radius 1 is 1.62 bits per heavy atom. The third kappa shape index (κ3) is 2.28. The van der Waals surface area contributed by atoms with Gasteiger partial charge in [0.25, 0.3) is 5.92 Å². The number of rotatable bonds is 1. The lowest BCUT2D eigenvalue weighted by Crippen LogP contribution is -2.42. The molecule has 1 aliphatic rings. The zero-order chi connectivity index (χ0) is 9.35. The highest BCUT2D eigenvalue weighted by atomic mass is 35.5. The molecule has 0 aliphatic heterocycles. The fourth-order valence-corrected chi connectivity index (χ4v) is 1.40. The highest BCUT2D eigenvalue weighted by Crippen LogP contribution is 2.38. The highest BCUT2D eigenvalue weighted by Gasteiger charge is 2.51. The molecule has 2 N–H and O–H groups in total. The second-order valence-corrected chi connectivity index (χ2v) is 2.96. The summed E-state index contributed by atoms with van der Waals surface area (Å²) in [6.45, 7) is 0.